The predicted molar refractivity (Wildman–Crippen MR) is 71.3 cm³/mol. The van der Waals surface area contributed by atoms with E-state index in [2.05, 4.69) is 4.74 Å². The van der Waals surface area contributed by atoms with Gasteiger partial charge in [-0.15, -0.1) is 0 Å². The van der Waals surface area contributed by atoms with Crippen molar-refractivity contribution in [3.05, 3.63) is 0 Å². The van der Waals surface area contributed by atoms with Crippen LogP contribution in [0.25, 0.3) is 0 Å². The third-order valence-corrected chi connectivity index (χ3v) is 3.70. The van der Waals surface area contributed by atoms with Crippen molar-refractivity contribution in [2.24, 2.45) is 0 Å². The van der Waals surface area contributed by atoms with Crippen LogP contribution in [0, 0.1) is 0 Å². The highest BCUT2D eigenvalue weighted by atomic mass is 127. The van der Waals surface area contributed by atoms with E-state index in [1.165, 1.54) is 4.74 Å². The lowest BCUT2D eigenvalue weighted by Crippen LogP contribution is -2.71. The lowest BCUT2D eigenvalue weighted by Gasteiger charge is -2.40. The largest absolute Gasteiger partial charge is 0.460 e. The number of alkyl halides is 20. The normalized spacial score (nSPS) is 16.4. The van der Waals surface area contributed by atoms with Crippen molar-refractivity contribution in [3.63, 3.8) is 0 Å². The average Bonchev–Trinajstić information content (AvgIpc) is 2.50. The van der Waals surface area contributed by atoms with Gasteiger partial charge in [-0.05, 0) is 0 Å². The molecular formula is C11H4F19IO2. The molecule has 0 unspecified atom stereocenters. The molecule has 0 amide bonds. The Morgan fingerprint density at radius 1 is 0.424 bits per heavy atom. The molecule has 33 heavy (non-hydrogen) atoms. The van der Waals surface area contributed by atoms with Gasteiger partial charge in [-0.25, -0.2) is 9.47 Å². The van der Waals surface area contributed by atoms with Gasteiger partial charge >= 0.3 is 54.3 Å². The van der Waals surface area contributed by atoms with Crippen LogP contribution in [0.3, 0.4) is 0 Å². The van der Waals surface area contributed by atoms with Crippen LogP contribution in [0.4, 0.5) is 83.4 Å². The Balaban J connectivity index is 6.32. The lowest BCUT2D eigenvalue weighted by molar-refractivity contribution is -0.543. The maximum Gasteiger partial charge on any atom is 0.460 e. The van der Waals surface area contributed by atoms with Crippen LogP contribution in [0.2, 0.25) is 0 Å². The molecule has 0 aromatic heterocycles. The highest BCUT2D eigenvalue weighted by molar-refractivity contribution is 14.1. The van der Waals surface area contributed by atoms with E-state index in [0.717, 1.165) is 22.6 Å². The number of rotatable bonds is 11. The van der Waals surface area contributed by atoms with Crippen molar-refractivity contribution in [3.8, 4) is 0 Å². The van der Waals surface area contributed by atoms with Crippen LogP contribution in [-0.4, -0.2) is 58.7 Å². The summed E-state index contributed by atoms with van der Waals surface area (Å²) in [6.45, 7) is 0. The van der Waals surface area contributed by atoms with Gasteiger partial charge in [0.1, 0.15) is 0 Å². The molecule has 0 radical (unpaired) electrons. The lowest BCUT2D eigenvalue weighted by atomic mass is 9.97. The number of halogens is 20. The van der Waals surface area contributed by atoms with E-state index in [-0.39, 0.29) is 0 Å². The van der Waals surface area contributed by atoms with Gasteiger partial charge < -0.3 is 0 Å². The van der Waals surface area contributed by atoms with Crippen molar-refractivity contribution in [1.29, 1.82) is 0 Å². The van der Waals surface area contributed by atoms with E-state index in [1.807, 2.05) is 0 Å². The van der Waals surface area contributed by atoms with Crippen molar-refractivity contribution in [2.45, 2.75) is 60.7 Å². The third kappa shape index (κ3) is 5.60. The van der Waals surface area contributed by atoms with E-state index < -0.39 is 65.1 Å². The molecule has 0 heterocycles. The monoisotopic (exact) mass is 656 g/mol. The van der Waals surface area contributed by atoms with Crippen molar-refractivity contribution < 1.29 is 92.9 Å². The minimum atomic E-state index is -8.64. The molecule has 0 bridgehead atoms. The second kappa shape index (κ2) is 8.76. The molecule has 0 atom stereocenters. The molecule has 0 aliphatic carbocycles. The maximum atomic E-state index is 13.2. The third-order valence-electron chi connectivity index (χ3n) is 3.16. The van der Waals surface area contributed by atoms with Crippen molar-refractivity contribution >= 4 is 22.6 Å². The minimum Gasteiger partial charge on any atom is -0.248 e. The second-order valence-electron chi connectivity index (χ2n) is 5.63. The summed E-state index contributed by atoms with van der Waals surface area (Å²) >= 11 is 1.01. The summed E-state index contributed by atoms with van der Waals surface area (Å²) in [7, 11) is 0. The molecule has 0 fully saturated rings. The zero-order valence-electron chi connectivity index (χ0n) is 14.3. The smallest absolute Gasteiger partial charge is 0.248 e. The van der Waals surface area contributed by atoms with E-state index in [9.17, 15) is 83.4 Å². The molecular weight excluding hydrogens is 652 g/mol. The molecule has 0 aromatic rings. The van der Waals surface area contributed by atoms with Crippen molar-refractivity contribution in [1.82, 2.24) is 0 Å². The van der Waals surface area contributed by atoms with E-state index in [4.69, 9.17) is 0 Å². The van der Waals surface area contributed by atoms with Crippen LogP contribution in [0.1, 0.15) is 6.42 Å². The van der Waals surface area contributed by atoms with E-state index in [1.54, 1.807) is 0 Å². The SMILES string of the molecule is FC(F)(CCI)OC(F)(F)C(F)(F)OC(F)(F)C(F)(F)C(F)(F)C(F)(F)C(F)(F)C(F)(F)F. The molecule has 0 aliphatic heterocycles. The van der Waals surface area contributed by atoms with Crippen molar-refractivity contribution in [2.75, 3.05) is 4.43 Å². The van der Waals surface area contributed by atoms with Crippen LogP contribution in [0.5, 0.6) is 0 Å². The molecule has 0 saturated heterocycles. The Labute approximate surface area is 181 Å². The molecule has 0 spiro atoms. The van der Waals surface area contributed by atoms with Gasteiger partial charge in [0.05, 0.1) is 0 Å². The summed E-state index contributed by atoms with van der Waals surface area (Å²) in [5, 5.41) is 0. The highest BCUT2D eigenvalue weighted by Crippen LogP contribution is 2.61. The quantitative estimate of drug-likeness (QED) is 0.132. The first-order valence-corrected chi connectivity index (χ1v) is 8.55. The van der Waals surface area contributed by atoms with Crippen LogP contribution < -0.4 is 0 Å². The summed E-state index contributed by atoms with van der Waals surface area (Å²) in [5.74, 6) is -33.9. The van der Waals surface area contributed by atoms with E-state index in [0.29, 0.717) is 0 Å². The molecule has 22 heteroatoms. The Hall–Kier alpha value is -0.680. The zero-order chi connectivity index (χ0) is 27.3. The summed E-state index contributed by atoms with van der Waals surface area (Å²) in [4.78, 5) is 0. The first-order chi connectivity index (χ1) is 14.0. The van der Waals surface area contributed by atoms with Gasteiger partial charge in [0.15, 0.2) is 0 Å². The van der Waals surface area contributed by atoms with Gasteiger partial charge in [-0.1, -0.05) is 22.6 Å². The Morgan fingerprint density at radius 2 is 0.758 bits per heavy atom. The van der Waals surface area contributed by atoms with E-state index >= 15 is 0 Å². The highest BCUT2D eigenvalue weighted by Gasteiger charge is 2.92. The fourth-order valence-electron chi connectivity index (χ4n) is 1.45. The van der Waals surface area contributed by atoms with Gasteiger partial charge in [0.25, 0.3) is 0 Å². The van der Waals surface area contributed by atoms with Gasteiger partial charge in [0.2, 0.25) is 0 Å². The molecule has 0 N–H and O–H groups in total. The standard InChI is InChI=1S/C11H4F19IO2/c12-3(13,1-2-31)32-10(27,28)11(29,30)33-9(25,26)7(20,21)5(16,17)4(14,15)6(18,19)8(22,23)24/h1-2H2. The summed E-state index contributed by atoms with van der Waals surface area (Å²) in [6, 6.07) is 0. The van der Waals surface area contributed by atoms with Gasteiger partial charge in [0, 0.05) is 10.8 Å². The minimum absolute atomic E-state index is 0.865. The Morgan fingerprint density at radius 3 is 1.09 bits per heavy atom. The fraction of sp³-hybridized carbons (Fsp3) is 1.00. The summed E-state index contributed by atoms with van der Waals surface area (Å²) in [6.07, 6.45) is -37.8. The first kappa shape index (κ1) is 32.3. The van der Waals surface area contributed by atoms with Gasteiger partial charge in [-0.2, -0.15) is 83.4 Å². The molecule has 2 nitrogen and oxygen atoms in total. The second-order valence-corrected chi connectivity index (χ2v) is 6.70. The van der Waals surface area contributed by atoms with Crippen LogP contribution >= 0.6 is 22.6 Å². The number of hydrogen-bond acceptors (Lipinski definition) is 2. The number of hydrogen-bond donors (Lipinski definition) is 0. The molecule has 0 saturated carbocycles. The zero-order valence-corrected chi connectivity index (χ0v) is 16.4. The molecule has 0 aliphatic rings. The number of ether oxygens (including phenoxy) is 2. The summed E-state index contributed by atoms with van der Waals surface area (Å²) in [5.41, 5.74) is 0. The molecule has 0 aromatic carbocycles. The predicted octanol–water partition coefficient (Wildman–Crippen LogP) is 7.32. The topological polar surface area (TPSA) is 18.5 Å². The molecule has 0 rings (SSSR count). The van der Waals surface area contributed by atoms with Crippen LogP contribution in [-0.2, 0) is 9.47 Å². The maximum absolute atomic E-state index is 13.2. The summed E-state index contributed by atoms with van der Waals surface area (Å²) < 4.78 is 246. The average molecular weight is 656 g/mol. The Kier molecular flexibility index (Phi) is 8.58. The Bertz CT molecular complexity index is 684. The first-order valence-electron chi connectivity index (χ1n) is 7.03. The van der Waals surface area contributed by atoms with Gasteiger partial charge in [-0.3, -0.25) is 0 Å². The fourth-order valence-corrected chi connectivity index (χ4v) is 2.08. The molecule has 200 valence electrons. The van der Waals surface area contributed by atoms with Crippen LogP contribution in [0.15, 0.2) is 0 Å².